The number of esters is 1. The van der Waals surface area contributed by atoms with E-state index in [0.29, 0.717) is 22.0 Å². The molecule has 0 unspecified atom stereocenters. The smallest absolute Gasteiger partial charge is 0.340 e. The van der Waals surface area contributed by atoms with Gasteiger partial charge in [-0.2, -0.15) is 0 Å². The van der Waals surface area contributed by atoms with Gasteiger partial charge in [-0.15, -0.1) is 0 Å². The average Bonchev–Trinajstić information content (AvgIpc) is 2.86. The number of carbonyl (C=O) groups excluding carboxylic acids is 2. The summed E-state index contributed by atoms with van der Waals surface area (Å²) in [7, 11) is 1.31. The summed E-state index contributed by atoms with van der Waals surface area (Å²) in [6.45, 7) is 3.71. The van der Waals surface area contributed by atoms with E-state index in [4.69, 9.17) is 16.3 Å². The minimum atomic E-state index is -0.536. The molecule has 0 bridgehead atoms. The van der Waals surface area contributed by atoms with Gasteiger partial charge in [0.05, 0.1) is 18.3 Å². The first-order valence-corrected chi connectivity index (χ1v) is 8.48. The van der Waals surface area contributed by atoms with Crippen molar-refractivity contribution in [3.05, 3.63) is 81.5 Å². The first-order chi connectivity index (χ1) is 12.4. The van der Waals surface area contributed by atoms with E-state index < -0.39 is 5.97 Å². The maximum atomic E-state index is 13.1. The number of carbonyl (C=O) groups is 2. The van der Waals surface area contributed by atoms with Crippen LogP contribution in [-0.2, 0) is 14.3 Å². The minimum Gasteiger partial charge on any atom is -0.465 e. The molecule has 0 aromatic heterocycles. The Morgan fingerprint density at radius 3 is 2.42 bits per heavy atom. The van der Waals surface area contributed by atoms with Crippen molar-refractivity contribution in [2.24, 2.45) is 0 Å². The molecule has 0 atom stereocenters. The van der Waals surface area contributed by atoms with Gasteiger partial charge >= 0.3 is 5.97 Å². The van der Waals surface area contributed by atoms with Gasteiger partial charge in [0.25, 0.3) is 5.91 Å². The molecule has 5 heteroatoms. The van der Waals surface area contributed by atoms with Crippen LogP contribution in [0.3, 0.4) is 0 Å². The van der Waals surface area contributed by atoms with Gasteiger partial charge in [-0.05, 0) is 49.8 Å². The summed E-state index contributed by atoms with van der Waals surface area (Å²) < 4.78 is 4.91. The van der Waals surface area contributed by atoms with Crippen LogP contribution < -0.4 is 4.90 Å². The molecular weight excluding hydrogens is 350 g/mol. The summed E-state index contributed by atoms with van der Waals surface area (Å²) in [6, 6.07) is 14.6. The zero-order chi connectivity index (χ0) is 18.8. The number of anilines is 1. The molecule has 1 amide bonds. The molecule has 0 aliphatic carbocycles. The SMILES string of the molecule is COC(=O)C1=C(C)N(c2ccc(Cl)cc2)C(=O)/C1=C\c1cccc(C)c1. The summed E-state index contributed by atoms with van der Waals surface area (Å²) in [5, 5.41) is 0.575. The maximum Gasteiger partial charge on any atom is 0.340 e. The van der Waals surface area contributed by atoms with E-state index in [1.165, 1.54) is 12.0 Å². The summed E-state index contributed by atoms with van der Waals surface area (Å²) in [5.74, 6) is -0.807. The minimum absolute atomic E-state index is 0.272. The third-order valence-corrected chi connectivity index (χ3v) is 4.48. The Hall–Kier alpha value is -2.85. The highest BCUT2D eigenvalue weighted by Crippen LogP contribution is 2.35. The van der Waals surface area contributed by atoms with Crippen molar-refractivity contribution in [3.63, 3.8) is 0 Å². The lowest BCUT2D eigenvalue weighted by Gasteiger charge is -2.17. The highest BCUT2D eigenvalue weighted by molar-refractivity contribution is 6.30. The molecule has 4 nitrogen and oxygen atoms in total. The highest BCUT2D eigenvalue weighted by atomic mass is 35.5. The highest BCUT2D eigenvalue weighted by Gasteiger charge is 2.37. The van der Waals surface area contributed by atoms with Gasteiger partial charge in [0.2, 0.25) is 0 Å². The van der Waals surface area contributed by atoms with Crippen LogP contribution >= 0.6 is 11.6 Å². The van der Waals surface area contributed by atoms with Crippen molar-refractivity contribution < 1.29 is 14.3 Å². The van der Waals surface area contributed by atoms with Gasteiger partial charge in [-0.3, -0.25) is 9.69 Å². The van der Waals surface area contributed by atoms with E-state index in [2.05, 4.69) is 0 Å². The van der Waals surface area contributed by atoms with Crippen LogP contribution in [0.15, 0.2) is 65.4 Å². The Balaban J connectivity index is 2.13. The largest absolute Gasteiger partial charge is 0.465 e. The molecule has 3 rings (SSSR count). The van der Waals surface area contributed by atoms with E-state index in [1.54, 1.807) is 37.3 Å². The predicted molar refractivity (Wildman–Crippen MR) is 103 cm³/mol. The van der Waals surface area contributed by atoms with Crippen molar-refractivity contribution in [3.8, 4) is 0 Å². The van der Waals surface area contributed by atoms with Crippen LogP contribution in [-0.4, -0.2) is 19.0 Å². The predicted octanol–water partition coefficient (Wildman–Crippen LogP) is 4.53. The fraction of sp³-hybridized carbons (Fsp3) is 0.143. The van der Waals surface area contributed by atoms with Crippen LogP contribution in [0.5, 0.6) is 0 Å². The summed E-state index contributed by atoms with van der Waals surface area (Å²) in [4.78, 5) is 26.9. The molecule has 0 fully saturated rings. The number of nitrogens with zero attached hydrogens (tertiary/aromatic N) is 1. The molecule has 0 saturated carbocycles. The summed E-state index contributed by atoms with van der Waals surface area (Å²) in [6.07, 6.45) is 1.72. The summed E-state index contributed by atoms with van der Waals surface area (Å²) in [5.41, 5.74) is 3.68. The van der Waals surface area contributed by atoms with Gasteiger partial charge in [-0.25, -0.2) is 4.79 Å². The number of amides is 1. The van der Waals surface area contributed by atoms with E-state index in [1.807, 2.05) is 31.2 Å². The molecule has 0 saturated heterocycles. The standard InChI is InChI=1S/C21H18ClNO3/c1-13-5-4-6-15(11-13)12-18-19(21(25)26-3)14(2)23(20(18)24)17-9-7-16(22)8-10-17/h4-12H,1-3H3/b18-12-. The monoisotopic (exact) mass is 367 g/mol. The number of benzene rings is 2. The Morgan fingerprint density at radius 2 is 1.81 bits per heavy atom. The normalized spacial score (nSPS) is 15.8. The molecule has 0 radical (unpaired) electrons. The van der Waals surface area contributed by atoms with E-state index in [-0.39, 0.29) is 11.5 Å². The van der Waals surface area contributed by atoms with E-state index >= 15 is 0 Å². The topological polar surface area (TPSA) is 46.6 Å². The molecular formula is C21H18ClNO3. The first-order valence-electron chi connectivity index (χ1n) is 8.10. The zero-order valence-corrected chi connectivity index (χ0v) is 15.5. The molecule has 132 valence electrons. The van der Waals surface area contributed by atoms with Crippen molar-refractivity contribution in [2.75, 3.05) is 12.0 Å². The lowest BCUT2D eigenvalue weighted by atomic mass is 10.0. The number of aryl methyl sites for hydroxylation is 1. The Bertz CT molecular complexity index is 942. The van der Waals surface area contributed by atoms with Crippen molar-refractivity contribution in [1.82, 2.24) is 0 Å². The fourth-order valence-corrected chi connectivity index (χ4v) is 3.13. The Morgan fingerprint density at radius 1 is 1.12 bits per heavy atom. The van der Waals surface area contributed by atoms with Crippen LogP contribution in [0.1, 0.15) is 18.1 Å². The Kier molecular flexibility index (Phi) is 4.96. The lowest BCUT2D eigenvalue weighted by molar-refractivity contribution is -0.136. The van der Waals surface area contributed by atoms with Crippen LogP contribution in [0.25, 0.3) is 6.08 Å². The quantitative estimate of drug-likeness (QED) is 0.591. The van der Waals surface area contributed by atoms with Gasteiger partial charge in [0.1, 0.15) is 0 Å². The molecule has 26 heavy (non-hydrogen) atoms. The average molecular weight is 368 g/mol. The second kappa shape index (κ2) is 7.18. The van der Waals surface area contributed by atoms with Gasteiger partial charge in [0, 0.05) is 16.4 Å². The fourth-order valence-electron chi connectivity index (χ4n) is 3.01. The molecule has 1 aliphatic heterocycles. The van der Waals surface area contributed by atoms with Gasteiger partial charge in [-0.1, -0.05) is 41.4 Å². The molecule has 0 spiro atoms. The zero-order valence-electron chi connectivity index (χ0n) is 14.7. The second-order valence-corrected chi connectivity index (χ2v) is 6.48. The lowest BCUT2D eigenvalue weighted by Crippen LogP contribution is -2.24. The number of methoxy groups -OCH3 is 1. The van der Waals surface area contributed by atoms with Gasteiger partial charge < -0.3 is 4.74 Å². The van der Waals surface area contributed by atoms with Crippen LogP contribution in [0.2, 0.25) is 5.02 Å². The third kappa shape index (κ3) is 3.28. The van der Waals surface area contributed by atoms with E-state index in [0.717, 1.165) is 11.1 Å². The van der Waals surface area contributed by atoms with E-state index in [9.17, 15) is 9.59 Å². The number of ether oxygens (including phenoxy) is 1. The second-order valence-electron chi connectivity index (χ2n) is 6.04. The first kappa shape index (κ1) is 18.0. The third-order valence-electron chi connectivity index (χ3n) is 4.23. The van der Waals surface area contributed by atoms with Crippen molar-refractivity contribution in [2.45, 2.75) is 13.8 Å². The van der Waals surface area contributed by atoms with Crippen molar-refractivity contribution >= 4 is 35.2 Å². The number of hydrogen-bond donors (Lipinski definition) is 0. The van der Waals surface area contributed by atoms with Gasteiger partial charge in [0.15, 0.2) is 0 Å². The van der Waals surface area contributed by atoms with Crippen molar-refractivity contribution in [1.29, 1.82) is 0 Å². The van der Waals surface area contributed by atoms with Crippen LogP contribution in [0, 0.1) is 6.92 Å². The molecule has 2 aromatic carbocycles. The maximum absolute atomic E-state index is 13.1. The molecule has 1 heterocycles. The molecule has 1 aliphatic rings. The molecule has 2 aromatic rings. The van der Waals surface area contributed by atoms with Crippen LogP contribution in [0.4, 0.5) is 5.69 Å². The molecule has 0 N–H and O–H groups in total. The number of halogens is 1. The number of hydrogen-bond acceptors (Lipinski definition) is 3. The number of allylic oxidation sites excluding steroid dienone is 1. The number of rotatable bonds is 3. The Labute approximate surface area is 157 Å². The summed E-state index contributed by atoms with van der Waals surface area (Å²) >= 11 is 5.94.